The third-order valence-electron chi connectivity index (χ3n) is 2.57. The van der Waals surface area contributed by atoms with Gasteiger partial charge in [0, 0.05) is 30.5 Å². The molecule has 0 aliphatic rings. The Labute approximate surface area is 109 Å². The summed E-state index contributed by atoms with van der Waals surface area (Å²) in [5, 5.41) is 0. The van der Waals surface area contributed by atoms with Gasteiger partial charge in [0.05, 0.1) is 11.4 Å². The molecule has 0 unspecified atom stereocenters. The molecular weight excluding hydrogens is 278 g/mol. The molecule has 88 valence electrons. The first-order chi connectivity index (χ1) is 8.16. The van der Waals surface area contributed by atoms with Crippen LogP contribution in [0.3, 0.4) is 0 Å². The normalized spacial score (nSPS) is 10.2. The van der Waals surface area contributed by atoms with Crippen LogP contribution in [0.5, 0.6) is 0 Å². The van der Waals surface area contributed by atoms with Gasteiger partial charge in [0.25, 0.3) is 0 Å². The SMILES string of the molecule is CN(Cc1ccncc1)c1cc(Br)ccc1N. The minimum atomic E-state index is 0.782. The summed E-state index contributed by atoms with van der Waals surface area (Å²) >= 11 is 3.46. The van der Waals surface area contributed by atoms with Gasteiger partial charge in [-0.2, -0.15) is 0 Å². The smallest absolute Gasteiger partial charge is 0.0611 e. The van der Waals surface area contributed by atoms with E-state index in [1.54, 1.807) is 12.4 Å². The van der Waals surface area contributed by atoms with Gasteiger partial charge in [-0.05, 0) is 35.9 Å². The summed E-state index contributed by atoms with van der Waals surface area (Å²) < 4.78 is 1.03. The number of anilines is 2. The molecule has 1 heterocycles. The predicted molar refractivity (Wildman–Crippen MR) is 74.9 cm³/mol. The second-order valence-corrected chi connectivity index (χ2v) is 4.83. The minimum Gasteiger partial charge on any atom is -0.397 e. The number of aromatic nitrogens is 1. The summed E-state index contributed by atoms with van der Waals surface area (Å²) in [5.74, 6) is 0. The minimum absolute atomic E-state index is 0.782. The van der Waals surface area contributed by atoms with Gasteiger partial charge in [0.1, 0.15) is 0 Å². The highest BCUT2D eigenvalue weighted by molar-refractivity contribution is 9.10. The van der Waals surface area contributed by atoms with Gasteiger partial charge in [-0.15, -0.1) is 0 Å². The number of rotatable bonds is 3. The Hall–Kier alpha value is -1.55. The Bertz CT molecular complexity index is 499. The van der Waals surface area contributed by atoms with Gasteiger partial charge >= 0.3 is 0 Å². The van der Waals surface area contributed by atoms with Gasteiger partial charge in [-0.1, -0.05) is 15.9 Å². The van der Waals surface area contributed by atoms with Crippen LogP contribution in [0.4, 0.5) is 11.4 Å². The second kappa shape index (κ2) is 5.19. The molecule has 4 heteroatoms. The van der Waals surface area contributed by atoms with Crippen LogP contribution < -0.4 is 10.6 Å². The summed E-state index contributed by atoms with van der Waals surface area (Å²) in [4.78, 5) is 6.13. The average Bonchev–Trinajstić information content (AvgIpc) is 2.33. The van der Waals surface area contributed by atoms with Crippen molar-refractivity contribution in [1.82, 2.24) is 4.98 Å². The lowest BCUT2D eigenvalue weighted by Crippen LogP contribution is -2.17. The largest absolute Gasteiger partial charge is 0.397 e. The molecule has 0 atom stereocenters. The molecule has 0 saturated heterocycles. The van der Waals surface area contributed by atoms with E-state index in [0.717, 1.165) is 22.4 Å². The van der Waals surface area contributed by atoms with Crippen LogP contribution >= 0.6 is 15.9 Å². The lowest BCUT2D eigenvalue weighted by Gasteiger charge is -2.21. The van der Waals surface area contributed by atoms with E-state index in [2.05, 4.69) is 25.8 Å². The van der Waals surface area contributed by atoms with Gasteiger partial charge < -0.3 is 10.6 Å². The number of hydrogen-bond donors (Lipinski definition) is 1. The summed E-state index contributed by atoms with van der Waals surface area (Å²) in [5.41, 5.74) is 8.99. The van der Waals surface area contributed by atoms with Crippen molar-refractivity contribution in [1.29, 1.82) is 0 Å². The van der Waals surface area contributed by atoms with E-state index in [9.17, 15) is 0 Å². The zero-order chi connectivity index (χ0) is 12.3. The fourth-order valence-electron chi connectivity index (χ4n) is 1.69. The van der Waals surface area contributed by atoms with E-state index in [1.165, 1.54) is 5.56 Å². The Morgan fingerprint density at radius 1 is 1.24 bits per heavy atom. The van der Waals surface area contributed by atoms with Crippen LogP contribution in [0.15, 0.2) is 47.2 Å². The first-order valence-corrected chi connectivity index (χ1v) is 6.11. The Morgan fingerprint density at radius 3 is 2.65 bits per heavy atom. The predicted octanol–water partition coefficient (Wildman–Crippen LogP) is 3.06. The molecular formula is C13H14BrN3. The fourth-order valence-corrected chi connectivity index (χ4v) is 2.04. The topological polar surface area (TPSA) is 42.2 Å². The molecule has 2 N–H and O–H groups in total. The Balaban J connectivity index is 2.20. The number of benzene rings is 1. The van der Waals surface area contributed by atoms with Crippen molar-refractivity contribution in [3.63, 3.8) is 0 Å². The maximum Gasteiger partial charge on any atom is 0.0611 e. The van der Waals surface area contributed by atoms with E-state index >= 15 is 0 Å². The van der Waals surface area contributed by atoms with Gasteiger partial charge in [-0.3, -0.25) is 4.98 Å². The molecule has 0 aliphatic carbocycles. The summed E-state index contributed by atoms with van der Waals surface area (Å²) in [6.07, 6.45) is 3.60. The highest BCUT2D eigenvalue weighted by atomic mass is 79.9. The van der Waals surface area contributed by atoms with E-state index in [-0.39, 0.29) is 0 Å². The maximum atomic E-state index is 5.97. The first kappa shape index (κ1) is 11.9. The zero-order valence-electron chi connectivity index (χ0n) is 9.60. The molecule has 1 aromatic heterocycles. The Morgan fingerprint density at radius 2 is 1.94 bits per heavy atom. The lowest BCUT2D eigenvalue weighted by molar-refractivity contribution is 0.921. The molecule has 17 heavy (non-hydrogen) atoms. The molecule has 2 rings (SSSR count). The van der Waals surface area contributed by atoms with Crippen molar-refractivity contribution < 1.29 is 0 Å². The molecule has 0 bridgehead atoms. The van der Waals surface area contributed by atoms with Crippen LogP contribution in [0, 0.1) is 0 Å². The number of nitrogen functional groups attached to an aromatic ring is 1. The quantitative estimate of drug-likeness (QED) is 0.884. The van der Waals surface area contributed by atoms with Crippen LogP contribution in [-0.2, 0) is 6.54 Å². The summed E-state index contributed by atoms with van der Waals surface area (Å²) in [7, 11) is 2.03. The van der Waals surface area contributed by atoms with Crippen LogP contribution in [0.25, 0.3) is 0 Å². The monoisotopic (exact) mass is 291 g/mol. The molecule has 0 amide bonds. The van der Waals surface area contributed by atoms with Crippen LogP contribution in [0.1, 0.15) is 5.56 Å². The van der Waals surface area contributed by atoms with Crippen LogP contribution in [0.2, 0.25) is 0 Å². The average molecular weight is 292 g/mol. The maximum absolute atomic E-state index is 5.97. The first-order valence-electron chi connectivity index (χ1n) is 5.32. The molecule has 1 aromatic carbocycles. The molecule has 2 aromatic rings. The van der Waals surface area contributed by atoms with Gasteiger partial charge in [0.15, 0.2) is 0 Å². The summed E-state index contributed by atoms with van der Waals surface area (Å²) in [6.45, 7) is 0.809. The van der Waals surface area contributed by atoms with Crippen molar-refractivity contribution in [2.24, 2.45) is 0 Å². The van der Waals surface area contributed by atoms with Gasteiger partial charge in [-0.25, -0.2) is 0 Å². The third-order valence-corrected chi connectivity index (χ3v) is 3.07. The molecule has 3 nitrogen and oxygen atoms in total. The number of hydrogen-bond acceptors (Lipinski definition) is 3. The number of nitrogens with zero attached hydrogens (tertiary/aromatic N) is 2. The molecule has 0 fully saturated rings. The van der Waals surface area contributed by atoms with Gasteiger partial charge in [0.2, 0.25) is 0 Å². The highest BCUT2D eigenvalue weighted by Gasteiger charge is 2.06. The van der Waals surface area contributed by atoms with E-state index < -0.39 is 0 Å². The van der Waals surface area contributed by atoms with E-state index in [1.807, 2.05) is 37.4 Å². The number of nitrogens with two attached hydrogens (primary N) is 1. The second-order valence-electron chi connectivity index (χ2n) is 3.91. The van der Waals surface area contributed by atoms with Crippen molar-refractivity contribution in [2.75, 3.05) is 17.7 Å². The van der Waals surface area contributed by atoms with E-state index in [4.69, 9.17) is 5.73 Å². The fraction of sp³-hybridized carbons (Fsp3) is 0.154. The zero-order valence-corrected chi connectivity index (χ0v) is 11.2. The van der Waals surface area contributed by atoms with Crippen LogP contribution in [-0.4, -0.2) is 12.0 Å². The lowest BCUT2D eigenvalue weighted by atomic mass is 10.2. The standard InChI is InChI=1S/C13H14BrN3/c1-17(9-10-4-6-16-7-5-10)13-8-11(14)2-3-12(13)15/h2-8H,9,15H2,1H3. The Kier molecular flexibility index (Phi) is 3.64. The number of pyridine rings is 1. The highest BCUT2D eigenvalue weighted by Crippen LogP contribution is 2.27. The number of halogens is 1. The molecule has 0 radical (unpaired) electrons. The van der Waals surface area contributed by atoms with Crippen molar-refractivity contribution in [2.45, 2.75) is 6.54 Å². The molecule has 0 aliphatic heterocycles. The van der Waals surface area contributed by atoms with Crippen molar-refractivity contribution >= 4 is 27.3 Å². The van der Waals surface area contributed by atoms with E-state index in [0.29, 0.717) is 0 Å². The third kappa shape index (κ3) is 2.97. The molecule has 0 saturated carbocycles. The molecule has 0 spiro atoms. The summed E-state index contributed by atoms with van der Waals surface area (Å²) in [6, 6.07) is 9.88. The van der Waals surface area contributed by atoms with Crippen molar-refractivity contribution in [3.8, 4) is 0 Å². The van der Waals surface area contributed by atoms with Crippen molar-refractivity contribution in [3.05, 3.63) is 52.8 Å².